The van der Waals surface area contributed by atoms with E-state index in [9.17, 15) is 4.79 Å². The number of carboxylic acid groups (broad SMARTS) is 1. The molecule has 1 aliphatic carbocycles. The minimum atomic E-state index is -1.00. The second-order valence-corrected chi connectivity index (χ2v) is 6.07. The van der Waals surface area contributed by atoms with Crippen LogP contribution < -0.4 is 5.32 Å². The van der Waals surface area contributed by atoms with Crippen molar-refractivity contribution in [1.82, 2.24) is 20.4 Å². The highest BCUT2D eigenvalue weighted by Crippen LogP contribution is 2.35. The van der Waals surface area contributed by atoms with Crippen molar-refractivity contribution in [3.05, 3.63) is 11.7 Å². The molecule has 0 bridgehead atoms. The first-order valence-electron chi connectivity index (χ1n) is 7.40. The van der Waals surface area contributed by atoms with Gasteiger partial charge in [-0.1, -0.05) is 5.16 Å². The van der Waals surface area contributed by atoms with Gasteiger partial charge in [-0.2, -0.15) is 4.98 Å². The van der Waals surface area contributed by atoms with E-state index in [-0.39, 0.29) is 12.0 Å². The van der Waals surface area contributed by atoms with Crippen molar-refractivity contribution in [2.75, 3.05) is 7.05 Å². The molecule has 7 heteroatoms. The molecule has 0 aliphatic heterocycles. The fourth-order valence-electron chi connectivity index (χ4n) is 3.01. The van der Waals surface area contributed by atoms with Crippen LogP contribution in [0.25, 0.3) is 0 Å². The van der Waals surface area contributed by atoms with Gasteiger partial charge in [0.2, 0.25) is 5.89 Å². The Hall–Kier alpha value is -1.63. The molecule has 7 nitrogen and oxygen atoms in total. The Morgan fingerprint density at radius 1 is 1.48 bits per heavy atom. The maximum absolute atomic E-state index is 11.0. The Bertz CT molecular complexity index is 488. The van der Waals surface area contributed by atoms with Crippen LogP contribution in [0.3, 0.4) is 0 Å². The summed E-state index contributed by atoms with van der Waals surface area (Å²) in [6, 6.07) is 0.678. The van der Waals surface area contributed by atoms with Crippen molar-refractivity contribution in [2.45, 2.75) is 64.1 Å². The predicted octanol–water partition coefficient (Wildman–Crippen LogP) is 1.99. The van der Waals surface area contributed by atoms with Gasteiger partial charge in [-0.05, 0) is 47.1 Å². The summed E-state index contributed by atoms with van der Waals surface area (Å²) in [6.45, 7) is 6.09. The lowest BCUT2D eigenvalue weighted by Crippen LogP contribution is -2.48. The van der Waals surface area contributed by atoms with Gasteiger partial charge in [-0.15, -0.1) is 0 Å². The molecule has 2 N–H and O–H groups in total. The molecule has 21 heavy (non-hydrogen) atoms. The van der Waals surface area contributed by atoms with E-state index in [0.29, 0.717) is 23.8 Å². The second-order valence-electron chi connectivity index (χ2n) is 6.07. The zero-order valence-corrected chi connectivity index (χ0v) is 13.0. The Kier molecular flexibility index (Phi) is 4.82. The fourth-order valence-corrected chi connectivity index (χ4v) is 3.01. The van der Waals surface area contributed by atoms with E-state index in [4.69, 9.17) is 9.63 Å². The van der Waals surface area contributed by atoms with Crippen molar-refractivity contribution in [2.24, 2.45) is 0 Å². The average molecular weight is 296 g/mol. The highest BCUT2D eigenvalue weighted by atomic mass is 16.5. The number of nitrogens with one attached hydrogen (secondary N) is 1. The molecule has 0 aromatic carbocycles. The van der Waals surface area contributed by atoms with Crippen LogP contribution in [-0.2, 0) is 0 Å². The van der Waals surface area contributed by atoms with Gasteiger partial charge in [0.1, 0.15) is 0 Å². The number of hydrogen-bond acceptors (Lipinski definition) is 5. The number of hydrogen-bond donors (Lipinski definition) is 2. The van der Waals surface area contributed by atoms with Gasteiger partial charge in [0, 0.05) is 18.1 Å². The van der Waals surface area contributed by atoms with Crippen molar-refractivity contribution >= 4 is 6.09 Å². The third-order valence-corrected chi connectivity index (χ3v) is 4.38. The van der Waals surface area contributed by atoms with Crippen molar-refractivity contribution in [3.8, 4) is 0 Å². The minimum Gasteiger partial charge on any atom is -0.465 e. The molecular formula is C14H24N4O3. The van der Waals surface area contributed by atoms with Crippen LogP contribution in [0.5, 0.6) is 0 Å². The summed E-state index contributed by atoms with van der Waals surface area (Å²) >= 11 is 0. The van der Waals surface area contributed by atoms with Crippen molar-refractivity contribution < 1.29 is 14.4 Å². The van der Waals surface area contributed by atoms with Crippen LogP contribution in [0.2, 0.25) is 0 Å². The van der Waals surface area contributed by atoms with Crippen LogP contribution in [0.15, 0.2) is 4.52 Å². The quantitative estimate of drug-likeness (QED) is 0.883. The van der Waals surface area contributed by atoms with Gasteiger partial charge in [0.25, 0.3) is 0 Å². The molecule has 2 unspecified atom stereocenters. The van der Waals surface area contributed by atoms with E-state index in [2.05, 4.69) is 41.3 Å². The van der Waals surface area contributed by atoms with Gasteiger partial charge in [0.15, 0.2) is 5.82 Å². The topological polar surface area (TPSA) is 91.5 Å². The summed E-state index contributed by atoms with van der Waals surface area (Å²) in [5, 5.41) is 15.4. The van der Waals surface area contributed by atoms with Gasteiger partial charge in [-0.25, -0.2) is 4.79 Å². The third-order valence-electron chi connectivity index (χ3n) is 4.38. The molecule has 2 rings (SSSR count). The first-order chi connectivity index (χ1) is 9.88. The Morgan fingerprint density at radius 2 is 2.19 bits per heavy atom. The van der Waals surface area contributed by atoms with E-state index in [0.717, 1.165) is 19.3 Å². The summed E-state index contributed by atoms with van der Waals surface area (Å²) in [5.74, 6) is 1.05. The summed E-state index contributed by atoms with van der Waals surface area (Å²) < 4.78 is 5.29. The Morgan fingerprint density at radius 3 is 2.71 bits per heavy atom. The van der Waals surface area contributed by atoms with Crippen LogP contribution in [-0.4, -0.2) is 51.4 Å². The van der Waals surface area contributed by atoms with E-state index in [1.54, 1.807) is 6.92 Å². The van der Waals surface area contributed by atoms with Crippen molar-refractivity contribution in [1.29, 1.82) is 0 Å². The first-order valence-corrected chi connectivity index (χ1v) is 7.40. The zero-order chi connectivity index (χ0) is 15.6. The average Bonchev–Trinajstić information content (AvgIpc) is 2.84. The highest BCUT2D eigenvalue weighted by molar-refractivity contribution is 5.65. The molecule has 1 saturated carbocycles. The van der Waals surface area contributed by atoms with Gasteiger partial charge < -0.3 is 19.8 Å². The van der Waals surface area contributed by atoms with Crippen LogP contribution in [0.4, 0.5) is 4.79 Å². The van der Waals surface area contributed by atoms with E-state index in [1.165, 1.54) is 0 Å². The maximum Gasteiger partial charge on any atom is 0.404 e. The lowest BCUT2D eigenvalue weighted by Gasteiger charge is -2.40. The van der Waals surface area contributed by atoms with Gasteiger partial charge in [0.05, 0.1) is 5.92 Å². The third kappa shape index (κ3) is 3.72. The van der Waals surface area contributed by atoms with Crippen LogP contribution in [0.1, 0.15) is 50.7 Å². The molecule has 1 fully saturated rings. The number of aromatic nitrogens is 2. The minimum absolute atomic E-state index is 0.0674. The SMILES string of the molecule is Cc1noc(C2C[C@H](N(C)C(C)C)CCC2NC(=O)O)n1. The zero-order valence-electron chi connectivity index (χ0n) is 13.0. The molecule has 3 atom stereocenters. The highest BCUT2D eigenvalue weighted by Gasteiger charge is 2.37. The molecule has 1 heterocycles. The monoisotopic (exact) mass is 296 g/mol. The number of amides is 1. The fraction of sp³-hybridized carbons (Fsp3) is 0.786. The molecule has 1 aromatic rings. The standard InChI is InChI=1S/C14H24N4O3/c1-8(2)18(4)10-5-6-12(16-14(19)20)11(7-10)13-15-9(3)17-21-13/h8,10-12,16H,5-7H2,1-4H3,(H,19,20)/t10-,11?,12?/m1/s1. The smallest absolute Gasteiger partial charge is 0.404 e. The predicted molar refractivity (Wildman–Crippen MR) is 77.3 cm³/mol. The summed E-state index contributed by atoms with van der Waals surface area (Å²) in [6.07, 6.45) is 1.56. The van der Waals surface area contributed by atoms with Crippen molar-refractivity contribution in [3.63, 3.8) is 0 Å². The maximum atomic E-state index is 11.0. The first kappa shape index (κ1) is 15.8. The molecule has 118 valence electrons. The molecule has 0 spiro atoms. The van der Waals surface area contributed by atoms with E-state index >= 15 is 0 Å². The summed E-state index contributed by atoms with van der Waals surface area (Å²) in [5.41, 5.74) is 0. The lowest BCUT2D eigenvalue weighted by atomic mass is 9.80. The van der Waals surface area contributed by atoms with Gasteiger partial charge in [-0.3, -0.25) is 0 Å². The number of carbonyl (C=O) groups is 1. The molecular weight excluding hydrogens is 272 g/mol. The van der Waals surface area contributed by atoms with Gasteiger partial charge >= 0.3 is 6.09 Å². The molecule has 0 radical (unpaired) electrons. The van der Waals surface area contributed by atoms with Crippen LogP contribution in [0, 0.1) is 6.92 Å². The molecule has 1 amide bonds. The summed E-state index contributed by atoms with van der Waals surface area (Å²) in [7, 11) is 2.11. The number of nitrogens with zero attached hydrogens (tertiary/aromatic N) is 3. The van der Waals surface area contributed by atoms with E-state index in [1.807, 2.05) is 0 Å². The summed E-state index contributed by atoms with van der Waals surface area (Å²) in [4.78, 5) is 17.6. The molecule has 1 aliphatic rings. The van der Waals surface area contributed by atoms with Crippen LogP contribution >= 0.6 is 0 Å². The number of aryl methyl sites for hydroxylation is 1. The second kappa shape index (κ2) is 6.43. The largest absolute Gasteiger partial charge is 0.465 e. The lowest BCUT2D eigenvalue weighted by molar-refractivity contribution is 0.116. The van der Waals surface area contributed by atoms with E-state index < -0.39 is 6.09 Å². The Labute approximate surface area is 124 Å². The molecule has 1 aromatic heterocycles. The normalized spacial score (nSPS) is 26.3. The number of rotatable bonds is 4. The molecule has 0 saturated heterocycles. The Balaban J connectivity index is 2.17.